The second-order valence-electron chi connectivity index (χ2n) is 5.27. The third-order valence-corrected chi connectivity index (χ3v) is 7.05. The summed E-state index contributed by atoms with van der Waals surface area (Å²) in [5.41, 5.74) is 1.02. The number of halogens is 1. The van der Waals surface area contributed by atoms with Gasteiger partial charge in [-0.2, -0.15) is 0 Å². The van der Waals surface area contributed by atoms with Crippen molar-refractivity contribution in [1.29, 1.82) is 0 Å². The Kier molecular flexibility index (Phi) is 3.71. The summed E-state index contributed by atoms with van der Waals surface area (Å²) in [6.45, 7) is 1.95. The van der Waals surface area contributed by atoms with Crippen molar-refractivity contribution in [1.82, 2.24) is 5.32 Å². The van der Waals surface area contributed by atoms with E-state index in [2.05, 4.69) is 5.32 Å². The summed E-state index contributed by atoms with van der Waals surface area (Å²) in [5.74, 6) is -0.139. The SMILES string of the molecule is Cc1cccc2sc(C(=O)N[C@@H]3CCS(=O)(=O)C3)c(Cl)c12. The number of hydrogen-bond donors (Lipinski definition) is 1. The number of benzene rings is 1. The Balaban J connectivity index is 1.89. The minimum atomic E-state index is -3.01. The molecular weight excluding hydrogens is 330 g/mol. The Labute approximate surface area is 132 Å². The number of carbonyl (C=O) groups is 1. The molecule has 1 saturated heterocycles. The zero-order valence-corrected chi connectivity index (χ0v) is 13.7. The largest absolute Gasteiger partial charge is 0.348 e. The van der Waals surface area contributed by atoms with Gasteiger partial charge >= 0.3 is 0 Å². The molecule has 1 aromatic heterocycles. The van der Waals surface area contributed by atoms with Gasteiger partial charge in [-0.05, 0) is 25.0 Å². The molecular formula is C14H14ClNO3S2. The lowest BCUT2D eigenvalue weighted by molar-refractivity contribution is 0.0945. The number of nitrogens with one attached hydrogen (secondary N) is 1. The second-order valence-corrected chi connectivity index (χ2v) is 8.93. The molecule has 112 valence electrons. The highest BCUT2D eigenvalue weighted by atomic mass is 35.5. The molecule has 1 amide bonds. The smallest absolute Gasteiger partial charge is 0.263 e. The number of aryl methyl sites for hydroxylation is 1. The molecule has 2 aromatic rings. The zero-order chi connectivity index (χ0) is 15.2. The third kappa shape index (κ3) is 2.80. The quantitative estimate of drug-likeness (QED) is 0.912. The number of fused-ring (bicyclic) bond motifs is 1. The Morgan fingerprint density at radius 1 is 1.43 bits per heavy atom. The van der Waals surface area contributed by atoms with Crippen molar-refractivity contribution in [2.45, 2.75) is 19.4 Å². The Hall–Kier alpha value is -1.11. The summed E-state index contributed by atoms with van der Waals surface area (Å²) in [6, 6.07) is 5.49. The maximum Gasteiger partial charge on any atom is 0.263 e. The first-order valence-corrected chi connectivity index (χ1v) is 9.58. The molecule has 0 aliphatic carbocycles. The van der Waals surface area contributed by atoms with Crippen molar-refractivity contribution in [3.63, 3.8) is 0 Å². The van der Waals surface area contributed by atoms with E-state index in [1.807, 2.05) is 25.1 Å². The normalized spacial score (nSPS) is 20.8. The van der Waals surface area contributed by atoms with E-state index in [9.17, 15) is 13.2 Å². The van der Waals surface area contributed by atoms with Gasteiger partial charge in [0.25, 0.3) is 5.91 Å². The molecule has 3 rings (SSSR count). The van der Waals surface area contributed by atoms with Gasteiger partial charge in [0, 0.05) is 16.1 Å². The number of amides is 1. The van der Waals surface area contributed by atoms with Crippen LogP contribution in [0.4, 0.5) is 0 Å². The fourth-order valence-electron chi connectivity index (χ4n) is 2.58. The third-order valence-electron chi connectivity index (χ3n) is 3.64. The van der Waals surface area contributed by atoms with Crippen LogP contribution in [-0.4, -0.2) is 31.9 Å². The molecule has 1 aromatic carbocycles. The summed E-state index contributed by atoms with van der Waals surface area (Å²) in [6.07, 6.45) is 0.468. The van der Waals surface area contributed by atoms with E-state index in [1.165, 1.54) is 11.3 Å². The molecule has 2 heterocycles. The van der Waals surface area contributed by atoms with E-state index < -0.39 is 9.84 Å². The van der Waals surface area contributed by atoms with Crippen LogP contribution in [0.15, 0.2) is 18.2 Å². The van der Waals surface area contributed by atoms with Crippen LogP contribution >= 0.6 is 22.9 Å². The van der Waals surface area contributed by atoms with Crippen LogP contribution in [0.1, 0.15) is 21.7 Å². The van der Waals surface area contributed by atoms with Crippen LogP contribution in [0.5, 0.6) is 0 Å². The molecule has 1 aliphatic rings. The van der Waals surface area contributed by atoms with Gasteiger partial charge in [-0.3, -0.25) is 4.79 Å². The van der Waals surface area contributed by atoms with Gasteiger partial charge in [0.2, 0.25) is 0 Å². The average molecular weight is 344 g/mol. The van der Waals surface area contributed by atoms with Crippen molar-refractivity contribution >= 4 is 48.8 Å². The molecule has 1 aliphatic heterocycles. The Morgan fingerprint density at radius 2 is 2.19 bits per heavy atom. The average Bonchev–Trinajstić information content (AvgIpc) is 2.91. The van der Waals surface area contributed by atoms with Crippen LogP contribution in [-0.2, 0) is 9.84 Å². The van der Waals surface area contributed by atoms with Gasteiger partial charge in [-0.1, -0.05) is 23.7 Å². The fraction of sp³-hybridized carbons (Fsp3) is 0.357. The molecule has 0 bridgehead atoms. The minimum absolute atomic E-state index is 0.0142. The summed E-state index contributed by atoms with van der Waals surface area (Å²) in [7, 11) is -3.01. The van der Waals surface area contributed by atoms with Crippen LogP contribution in [0, 0.1) is 6.92 Å². The summed E-state index contributed by atoms with van der Waals surface area (Å²) in [5, 5.41) is 4.13. The molecule has 1 atom stereocenters. The monoisotopic (exact) mass is 343 g/mol. The number of hydrogen-bond acceptors (Lipinski definition) is 4. The van der Waals surface area contributed by atoms with Gasteiger partial charge in [0.15, 0.2) is 9.84 Å². The van der Waals surface area contributed by atoms with Crippen molar-refractivity contribution < 1.29 is 13.2 Å². The van der Waals surface area contributed by atoms with E-state index in [1.54, 1.807) is 0 Å². The lowest BCUT2D eigenvalue weighted by atomic mass is 10.1. The number of carbonyl (C=O) groups excluding carboxylic acids is 1. The summed E-state index contributed by atoms with van der Waals surface area (Å²) in [4.78, 5) is 12.8. The highest BCUT2D eigenvalue weighted by Crippen LogP contribution is 2.37. The van der Waals surface area contributed by atoms with E-state index in [0.717, 1.165) is 15.6 Å². The topological polar surface area (TPSA) is 63.2 Å². The van der Waals surface area contributed by atoms with Gasteiger partial charge < -0.3 is 5.32 Å². The predicted molar refractivity (Wildman–Crippen MR) is 86.1 cm³/mol. The van der Waals surface area contributed by atoms with Crippen molar-refractivity contribution in [3.8, 4) is 0 Å². The maximum absolute atomic E-state index is 12.3. The van der Waals surface area contributed by atoms with Crippen LogP contribution < -0.4 is 5.32 Å². The van der Waals surface area contributed by atoms with Crippen molar-refractivity contribution in [2.24, 2.45) is 0 Å². The molecule has 0 radical (unpaired) electrons. The van der Waals surface area contributed by atoms with Gasteiger partial charge in [0.05, 0.1) is 16.5 Å². The first kappa shape index (κ1) is 14.8. The molecule has 21 heavy (non-hydrogen) atoms. The Morgan fingerprint density at radius 3 is 2.81 bits per heavy atom. The standard InChI is InChI=1S/C14H14ClNO3S2/c1-8-3-2-4-10-11(8)12(15)13(20-10)14(17)16-9-5-6-21(18,19)7-9/h2-4,9H,5-7H2,1H3,(H,16,17)/t9-/m1/s1. The van der Waals surface area contributed by atoms with Gasteiger partial charge in [-0.25, -0.2) is 8.42 Å². The molecule has 0 unspecified atom stereocenters. The molecule has 4 nitrogen and oxygen atoms in total. The minimum Gasteiger partial charge on any atom is -0.348 e. The molecule has 0 saturated carbocycles. The van der Waals surface area contributed by atoms with Crippen LogP contribution in [0.2, 0.25) is 5.02 Å². The second kappa shape index (κ2) is 5.26. The number of sulfone groups is 1. The zero-order valence-electron chi connectivity index (χ0n) is 11.3. The molecule has 0 spiro atoms. The van der Waals surface area contributed by atoms with E-state index >= 15 is 0 Å². The first-order chi connectivity index (χ1) is 9.87. The number of rotatable bonds is 2. The lowest BCUT2D eigenvalue weighted by Gasteiger charge is -2.09. The van der Waals surface area contributed by atoms with Gasteiger partial charge in [0.1, 0.15) is 4.88 Å². The van der Waals surface area contributed by atoms with E-state index in [0.29, 0.717) is 16.3 Å². The molecule has 1 fully saturated rings. The Bertz CT molecular complexity index is 826. The lowest BCUT2D eigenvalue weighted by Crippen LogP contribution is -2.35. The first-order valence-electron chi connectivity index (χ1n) is 6.56. The van der Waals surface area contributed by atoms with Crippen molar-refractivity contribution in [2.75, 3.05) is 11.5 Å². The summed E-state index contributed by atoms with van der Waals surface area (Å²) < 4.78 is 23.8. The van der Waals surface area contributed by atoms with Gasteiger partial charge in [-0.15, -0.1) is 11.3 Å². The van der Waals surface area contributed by atoms with E-state index in [4.69, 9.17) is 11.6 Å². The van der Waals surface area contributed by atoms with Crippen molar-refractivity contribution in [3.05, 3.63) is 33.7 Å². The summed E-state index contributed by atoms with van der Waals surface area (Å²) >= 11 is 7.67. The van der Waals surface area contributed by atoms with E-state index in [-0.39, 0.29) is 23.5 Å². The molecule has 1 N–H and O–H groups in total. The van der Waals surface area contributed by atoms with Crippen LogP contribution in [0.25, 0.3) is 10.1 Å². The maximum atomic E-state index is 12.3. The fourth-order valence-corrected chi connectivity index (χ4v) is 5.84. The number of thiophene rings is 1. The predicted octanol–water partition coefficient (Wildman–Crippen LogP) is 2.78. The molecule has 7 heteroatoms. The highest BCUT2D eigenvalue weighted by Gasteiger charge is 2.30. The van der Waals surface area contributed by atoms with Crippen LogP contribution in [0.3, 0.4) is 0 Å². The highest BCUT2D eigenvalue weighted by molar-refractivity contribution is 7.91.